The number of aliphatic hydroxyl groups excluding tert-OH is 1. The first-order valence-corrected chi connectivity index (χ1v) is 15.1. The van der Waals surface area contributed by atoms with Crippen LogP contribution in [-0.2, 0) is 29.0 Å². The lowest BCUT2D eigenvalue weighted by atomic mass is 9.43. The second-order valence-corrected chi connectivity index (χ2v) is 13.6. The molecular weight excluding hydrogens is 502 g/mol. The molecule has 4 saturated carbocycles. The molecule has 0 heterocycles. The Morgan fingerprint density at radius 2 is 1.84 bits per heavy atom. The zero-order valence-corrected chi connectivity index (χ0v) is 22.9. The quantitative estimate of drug-likeness (QED) is 0.250. The van der Waals surface area contributed by atoms with Gasteiger partial charge in [0.25, 0.3) is 0 Å². The van der Waals surface area contributed by atoms with E-state index >= 15 is 0 Å². The van der Waals surface area contributed by atoms with Crippen LogP contribution >= 0.6 is 0 Å². The largest absolute Gasteiger partial charge is 0.480 e. The predicted molar refractivity (Wildman–Crippen MR) is 133 cm³/mol. The number of nitrogens with one attached hydrogen (secondary N) is 1. The highest BCUT2D eigenvalue weighted by Crippen LogP contribution is 2.68. The molecule has 0 aromatic heterocycles. The lowest BCUT2D eigenvalue weighted by Gasteiger charge is -2.63. The highest BCUT2D eigenvalue weighted by Gasteiger charge is 2.66. The summed E-state index contributed by atoms with van der Waals surface area (Å²) in [5, 5.41) is 20.4. The third-order valence-electron chi connectivity index (χ3n) is 10.9. The molecule has 4 aliphatic rings. The standard InChI is InChI=1S/C26H43NO9S/c1-15(7-10-23(31)35-27-14-22(29)30)17-8-9-18-24-19(13-21(28)26(17,18)3)25(2)11-5-4-6-16(25)12-20(24)36-37(32,33)34/h15-21,24,27-28H,4-14H2,1-3H3,(H,29,30)(H,32,33,34)/t15-,16+,17-,18+,19+,20+,21+,24+,25+,26-/m1/s1. The van der Waals surface area contributed by atoms with Gasteiger partial charge in [-0.15, -0.1) is 5.48 Å². The number of hydrogen-bond acceptors (Lipinski definition) is 8. The van der Waals surface area contributed by atoms with Crippen molar-refractivity contribution in [2.45, 2.75) is 97.2 Å². The van der Waals surface area contributed by atoms with E-state index in [1.165, 1.54) is 0 Å². The number of aliphatic hydroxyl groups is 1. The third-order valence-corrected chi connectivity index (χ3v) is 11.4. The molecule has 10 atom stereocenters. The molecule has 0 aromatic carbocycles. The fraction of sp³-hybridized carbons (Fsp3) is 0.923. The van der Waals surface area contributed by atoms with Gasteiger partial charge >= 0.3 is 22.3 Å². The van der Waals surface area contributed by atoms with E-state index in [1.54, 1.807) is 0 Å². The molecule has 0 unspecified atom stereocenters. The van der Waals surface area contributed by atoms with Gasteiger partial charge in [-0.05, 0) is 91.3 Å². The molecule has 0 bridgehead atoms. The van der Waals surface area contributed by atoms with Crippen LogP contribution in [0.4, 0.5) is 0 Å². The van der Waals surface area contributed by atoms with Crippen molar-refractivity contribution >= 4 is 22.3 Å². The number of carboxylic acid groups (broad SMARTS) is 1. The molecule has 212 valence electrons. The van der Waals surface area contributed by atoms with Crippen molar-refractivity contribution in [3.63, 3.8) is 0 Å². The smallest absolute Gasteiger partial charge is 0.397 e. The third kappa shape index (κ3) is 5.57. The van der Waals surface area contributed by atoms with Crippen LogP contribution in [0.15, 0.2) is 0 Å². The van der Waals surface area contributed by atoms with Crippen molar-refractivity contribution in [1.82, 2.24) is 5.48 Å². The minimum atomic E-state index is -4.61. The molecule has 0 saturated heterocycles. The van der Waals surface area contributed by atoms with Crippen molar-refractivity contribution in [2.24, 2.45) is 46.3 Å². The minimum Gasteiger partial charge on any atom is -0.480 e. The molecular formula is C26H43NO9S. The molecule has 0 aliphatic heterocycles. The van der Waals surface area contributed by atoms with Crippen LogP contribution in [0, 0.1) is 46.3 Å². The van der Waals surface area contributed by atoms with Crippen LogP contribution in [-0.4, -0.2) is 53.9 Å². The number of hydroxylamine groups is 1. The van der Waals surface area contributed by atoms with Crippen molar-refractivity contribution in [2.75, 3.05) is 6.54 Å². The van der Waals surface area contributed by atoms with Crippen molar-refractivity contribution in [3.8, 4) is 0 Å². The topological polar surface area (TPSA) is 159 Å². The number of carboxylic acids is 1. The summed E-state index contributed by atoms with van der Waals surface area (Å²) in [6, 6.07) is 0. The maximum absolute atomic E-state index is 12.1. The summed E-state index contributed by atoms with van der Waals surface area (Å²) in [4.78, 5) is 27.5. The Morgan fingerprint density at radius 1 is 1.11 bits per heavy atom. The number of carbonyl (C=O) groups excluding carboxylic acids is 1. The average molecular weight is 546 g/mol. The predicted octanol–water partition coefficient (Wildman–Crippen LogP) is 3.35. The summed E-state index contributed by atoms with van der Waals surface area (Å²) < 4.78 is 38.8. The molecule has 4 fully saturated rings. The molecule has 0 amide bonds. The van der Waals surface area contributed by atoms with Gasteiger partial charge in [-0.3, -0.25) is 14.1 Å². The first-order chi connectivity index (χ1) is 17.3. The molecule has 0 spiro atoms. The molecule has 4 rings (SSSR count). The lowest BCUT2D eigenvalue weighted by molar-refractivity contribution is -0.196. The molecule has 37 heavy (non-hydrogen) atoms. The highest BCUT2D eigenvalue weighted by molar-refractivity contribution is 7.80. The van der Waals surface area contributed by atoms with E-state index in [1.807, 2.05) is 0 Å². The van der Waals surface area contributed by atoms with Gasteiger partial charge in [-0.1, -0.05) is 33.6 Å². The van der Waals surface area contributed by atoms with Gasteiger partial charge < -0.3 is 15.1 Å². The Bertz CT molecular complexity index is 973. The number of carbonyl (C=O) groups is 2. The molecule has 4 aliphatic carbocycles. The van der Waals surface area contributed by atoms with Crippen LogP contribution in [0.25, 0.3) is 0 Å². The van der Waals surface area contributed by atoms with Crippen molar-refractivity contribution in [1.29, 1.82) is 0 Å². The summed E-state index contributed by atoms with van der Waals surface area (Å²) >= 11 is 0. The van der Waals surface area contributed by atoms with Gasteiger partial charge in [-0.2, -0.15) is 8.42 Å². The zero-order valence-electron chi connectivity index (χ0n) is 22.1. The Hall–Kier alpha value is -1.27. The molecule has 4 N–H and O–H groups in total. The summed E-state index contributed by atoms with van der Waals surface area (Å²) in [5.41, 5.74) is 1.69. The fourth-order valence-corrected chi connectivity index (χ4v) is 9.71. The monoisotopic (exact) mass is 545 g/mol. The van der Waals surface area contributed by atoms with Gasteiger partial charge in [0, 0.05) is 6.42 Å². The first kappa shape index (κ1) is 28.7. The Balaban J connectivity index is 1.53. The van der Waals surface area contributed by atoms with Gasteiger partial charge in [0.1, 0.15) is 6.54 Å². The average Bonchev–Trinajstić information content (AvgIpc) is 3.16. The van der Waals surface area contributed by atoms with Gasteiger partial charge in [0.2, 0.25) is 0 Å². The van der Waals surface area contributed by atoms with E-state index in [2.05, 4.69) is 26.3 Å². The summed E-state index contributed by atoms with van der Waals surface area (Å²) in [6.45, 7) is 6.03. The van der Waals surface area contributed by atoms with Crippen LogP contribution in [0.1, 0.15) is 85.0 Å². The van der Waals surface area contributed by atoms with Crippen LogP contribution in [0.2, 0.25) is 0 Å². The molecule has 10 nitrogen and oxygen atoms in total. The number of aliphatic carboxylic acids is 1. The molecule has 11 heteroatoms. The Kier molecular flexibility index (Phi) is 8.32. The highest BCUT2D eigenvalue weighted by atomic mass is 32.3. The van der Waals surface area contributed by atoms with E-state index in [-0.39, 0.29) is 41.4 Å². The summed E-state index contributed by atoms with van der Waals surface area (Å²) in [5.74, 6) is -1.03. The number of hydrogen-bond donors (Lipinski definition) is 4. The van der Waals surface area contributed by atoms with Crippen LogP contribution in [0.5, 0.6) is 0 Å². The molecule has 0 aromatic rings. The maximum atomic E-state index is 12.1. The number of rotatable bonds is 9. The summed E-state index contributed by atoms with van der Waals surface area (Å²) in [7, 11) is -4.61. The van der Waals surface area contributed by atoms with E-state index in [0.717, 1.165) is 38.5 Å². The first-order valence-electron chi connectivity index (χ1n) is 13.8. The Morgan fingerprint density at radius 3 is 2.51 bits per heavy atom. The van der Waals surface area contributed by atoms with Crippen molar-refractivity contribution < 1.29 is 41.8 Å². The number of fused-ring (bicyclic) bond motifs is 5. The maximum Gasteiger partial charge on any atom is 0.397 e. The van der Waals surface area contributed by atoms with Gasteiger partial charge in [0.05, 0.1) is 12.2 Å². The lowest BCUT2D eigenvalue weighted by Crippen LogP contribution is -2.62. The second kappa shape index (κ2) is 10.7. The normalized spacial score (nSPS) is 42.2. The van der Waals surface area contributed by atoms with E-state index in [4.69, 9.17) is 14.1 Å². The second-order valence-electron chi connectivity index (χ2n) is 12.5. The van der Waals surface area contributed by atoms with Crippen LogP contribution in [0.3, 0.4) is 0 Å². The van der Waals surface area contributed by atoms with Gasteiger partial charge in [-0.25, -0.2) is 4.18 Å². The zero-order chi connectivity index (χ0) is 27.2. The minimum absolute atomic E-state index is 0.0146. The fourth-order valence-electron chi connectivity index (χ4n) is 9.19. The SMILES string of the molecule is C[C@H](CCC(=O)ONCC(=O)O)[C@H]1CC[C@H]2[C@@H]3[C@@H](OS(=O)(=O)O)C[C@@H]4CCCC[C@]4(C)[C@H]3C[C@H](O)[C@]12C. The van der Waals surface area contributed by atoms with Crippen molar-refractivity contribution in [3.05, 3.63) is 0 Å². The van der Waals surface area contributed by atoms with E-state index in [0.29, 0.717) is 25.2 Å². The summed E-state index contributed by atoms with van der Waals surface area (Å²) in [6.07, 6.45) is 6.70. The van der Waals surface area contributed by atoms with E-state index in [9.17, 15) is 27.7 Å². The van der Waals surface area contributed by atoms with Gasteiger partial charge in [0.15, 0.2) is 0 Å². The van der Waals surface area contributed by atoms with E-state index < -0.39 is 46.5 Å². The Labute approximate surface area is 219 Å². The molecule has 0 radical (unpaired) electrons. The van der Waals surface area contributed by atoms with Crippen LogP contribution < -0.4 is 5.48 Å².